The molecule has 2 aliphatic rings. The Kier molecular flexibility index (Phi) is 6.69. The van der Waals surface area contributed by atoms with Crippen molar-refractivity contribution in [3.8, 4) is 5.75 Å². The lowest BCUT2D eigenvalue weighted by Gasteiger charge is -2.17. The summed E-state index contributed by atoms with van der Waals surface area (Å²) in [7, 11) is 0. The van der Waals surface area contributed by atoms with Gasteiger partial charge in [0.1, 0.15) is 5.75 Å². The zero-order chi connectivity index (χ0) is 23.4. The van der Waals surface area contributed by atoms with Gasteiger partial charge in [0.05, 0.1) is 23.8 Å². The molecule has 2 aromatic rings. The fourth-order valence-electron chi connectivity index (χ4n) is 3.93. The average molecular weight is 451 g/mol. The van der Waals surface area contributed by atoms with E-state index in [0.29, 0.717) is 37.2 Å². The molecule has 0 aromatic heterocycles. The van der Waals surface area contributed by atoms with Gasteiger partial charge in [0.15, 0.2) is 0 Å². The molecule has 2 aromatic carbocycles. The summed E-state index contributed by atoms with van der Waals surface area (Å²) < 4.78 is 5.53. The van der Waals surface area contributed by atoms with Crippen LogP contribution in [0.4, 0.5) is 0 Å². The fraction of sp³-hybridized carbons (Fsp3) is 0.333. The van der Waals surface area contributed by atoms with Gasteiger partial charge in [-0.2, -0.15) is 0 Å². The molecule has 3 N–H and O–H groups in total. The van der Waals surface area contributed by atoms with Gasteiger partial charge in [-0.25, -0.2) is 0 Å². The minimum atomic E-state index is -0.408. The number of aromatic hydroxyl groups is 1. The number of imide groups is 1. The van der Waals surface area contributed by atoms with Crippen molar-refractivity contribution in [1.29, 1.82) is 0 Å². The van der Waals surface area contributed by atoms with Crippen LogP contribution in [0.2, 0.25) is 0 Å². The molecule has 172 valence electrons. The lowest BCUT2D eigenvalue weighted by atomic mass is 10.1. The minimum Gasteiger partial charge on any atom is -0.508 e. The summed E-state index contributed by atoms with van der Waals surface area (Å²) in [4.78, 5) is 51.0. The van der Waals surface area contributed by atoms with Crippen LogP contribution in [0.25, 0.3) is 0 Å². The number of rotatable bonds is 8. The van der Waals surface area contributed by atoms with E-state index in [9.17, 15) is 24.3 Å². The third-order valence-electron chi connectivity index (χ3n) is 5.68. The van der Waals surface area contributed by atoms with Gasteiger partial charge in [-0.05, 0) is 55.7 Å². The second-order valence-corrected chi connectivity index (χ2v) is 8.03. The van der Waals surface area contributed by atoms with Crippen molar-refractivity contribution in [2.45, 2.75) is 25.4 Å². The lowest BCUT2D eigenvalue weighted by molar-refractivity contribution is 0.0475. The molecule has 0 saturated carbocycles. The van der Waals surface area contributed by atoms with Crippen LogP contribution >= 0.6 is 0 Å². The van der Waals surface area contributed by atoms with Gasteiger partial charge < -0.3 is 20.5 Å². The van der Waals surface area contributed by atoms with Crippen LogP contribution in [0.5, 0.6) is 5.75 Å². The smallest absolute Gasteiger partial charge is 0.261 e. The number of amides is 4. The Hall–Kier alpha value is -3.72. The Morgan fingerprint density at radius 2 is 1.67 bits per heavy atom. The van der Waals surface area contributed by atoms with Gasteiger partial charge in [0, 0.05) is 30.8 Å². The highest BCUT2D eigenvalue weighted by Crippen LogP contribution is 2.26. The highest BCUT2D eigenvalue weighted by molar-refractivity contribution is 6.22. The molecular formula is C24H25N3O6. The molecule has 4 amide bonds. The van der Waals surface area contributed by atoms with Crippen molar-refractivity contribution in [1.82, 2.24) is 15.5 Å². The first-order valence-electron chi connectivity index (χ1n) is 10.9. The van der Waals surface area contributed by atoms with Crippen LogP contribution in [0.3, 0.4) is 0 Å². The van der Waals surface area contributed by atoms with E-state index in [1.807, 2.05) is 0 Å². The SMILES string of the molecule is O=C(NCCCNC(=O)c1ccc2c(c1)C(=O)N(CC1CCCO1)C2=O)c1cccc(O)c1. The quantitative estimate of drug-likeness (QED) is 0.415. The summed E-state index contributed by atoms with van der Waals surface area (Å²) >= 11 is 0. The second kappa shape index (κ2) is 9.83. The number of hydrogen-bond donors (Lipinski definition) is 3. The molecule has 33 heavy (non-hydrogen) atoms. The number of fused-ring (bicyclic) bond motifs is 1. The number of nitrogens with zero attached hydrogens (tertiary/aromatic N) is 1. The number of carbonyl (C=O) groups excluding carboxylic acids is 4. The van der Waals surface area contributed by atoms with Crippen LogP contribution in [-0.2, 0) is 4.74 Å². The maximum Gasteiger partial charge on any atom is 0.261 e. The molecule has 2 aliphatic heterocycles. The first kappa shape index (κ1) is 22.5. The molecule has 0 bridgehead atoms. The van der Waals surface area contributed by atoms with E-state index in [4.69, 9.17) is 4.74 Å². The van der Waals surface area contributed by atoms with E-state index < -0.39 is 5.91 Å². The lowest BCUT2D eigenvalue weighted by Crippen LogP contribution is -2.36. The third kappa shape index (κ3) is 5.04. The van der Waals surface area contributed by atoms with Crippen molar-refractivity contribution >= 4 is 23.6 Å². The fourth-order valence-corrected chi connectivity index (χ4v) is 3.93. The Balaban J connectivity index is 1.27. The van der Waals surface area contributed by atoms with Crippen LogP contribution in [-0.4, -0.2) is 66.0 Å². The normalized spacial score (nSPS) is 17.2. The van der Waals surface area contributed by atoms with E-state index in [1.165, 1.54) is 35.2 Å². The first-order chi connectivity index (χ1) is 15.9. The largest absolute Gasteiger partial charge is 0.508 e. The van der Waals surface area contributed by atoms with Crippen LogP contribution in [0.1, 0.15) is 60.7 Å². The van der Waals surface area contributed by atoms with E-state index in [0.717, 1.165) is 12.8 Å². The predicted molar refractivity (Wildman–Crippen MR) is 118 cm³/mol. The molecule has 0 aliphatic carbocycles. The second-order valence-electron chi connectivity index (χ2n) is 8.03. The zero-order valence-corrected chi connectivity index (χ0v) is 18.0. The number of phenols is 1. The number of phenolic OH excluding ortho intramolecular Hbond substituents is 1. The van der Waals surface area contributed by atoms with Gasteiger partial charge >= 0.3 is 0 Å². The molecule has 1 fully saturated rings. The van der Waals surface area contributed by atoms with Crippen LogP contribution in [0, 0.1) is 0 Å². The summed E-state index contributed by atoms with van der Waals surface area (Å²) in [5, 5.41) is 14.9. The number of benzene rings is 2. The average Bonchev–Trinajstić information content (AvgIpc) is 3.41. The molecule has 1 saturated heterocycles. The zero-order valence-electron chi connectivity index (χ0n) is 18.0. The van der Waals surface area contributed by atoms with E-state index >= 15 is 0 Å². The molecular weight excluding hydrogens is 426 g/mol. The van der Waals surface area contributed by atoms with Crippen LogP contribution < -0.4 is 10.6 Å². The van der Waals surface area contributed by atoms with Gasteiger partial charge in [-0.1, -0.05) is 6.07 Å². The third-order valence-corrected chi connectivity index (χ3v) is 5.68. The number of nitrogens with one attached hydrogen (secondary N) is 2. The Labute approximate surface area is 190 Å². The number of carbonyl (C=O) groups is 4. The van der Waals surface area contributed by atoms with Gasteiger partial charge in [0.25, 0.3) is 23.6 Å². The molecule has 1 unspecified atom stereocenters. The minimum absolute atomic E-state index is 0.0134. The Morgan fingerprint density at radius 1 is 0.970 bits per heavy atom. The summed E-state index contributed by atoms with van der Waals surface area (Å²) in [6, 6.07) is 10.5. The van der Waals surface area contributed by atoms with Gasteiger partial charge in [0.2, 0.25) is 0 Å². The predicted octanol–water partition coefficient (Wildman–Crippen LogP) is 1.72. The summed E-state index contributed by atoms with van der Waals surface area (Å²) in [6.45, 7) is 1.51. The molecule has 9 nitrogen and oxygen atoms in total. The molecule has 0 spiro atoms. The van der Waals surface area contributed by atoms with E-state index in [2.05, 4.69) is 10.6 Å². The van der Waals surface area contributed by atoms with Gasteiger partial charge in [-0.3, -0.25) is 24.1 Å². The van der Waals surface area contributed by atoms with Crippen molar-refractivity contribution in [3.63, 3.8) is 0 Å². The maximum atomic E-state index is 12.7. The van der Waals surface area contributed by atoms with Crippen molar-refractivity contribution in [2.75, 3.05) is 26.2 Å². The highest BCUT2D eigenvalue weighted by Gasteiger charge is 2.37. The molecule has 2 heterocycles. The molecule has 9 heteroatoms. The first-order valence-corrected chi connectivity index (χ1v) is 10.9. The van der Waals surface area contributed by atoms with Crippen molar-refractivity contribution in [3.05, 3.63) is 64.7 Å². The molecule has 1 atom stereocenters. The summed E-state index contributed by atoms with van der Waals surface area (Å²) in [6.07, 6.45) is 2.09. The van der Waals surface area contributed by atoms with Crippen molar-refractivity contribution < 1.29 is 29.0 Å². The van der Waals surface area contributed by atoms with Crippen LogP contribution in [0.15, 0.2) is 42.5 Å². The Bertz CT molecular complexity index is 1090. The summed E-state index contributed by atoms with van der Waals surface area (Å²) in [5.74, 6) is -1.43. The highest BCUT2D eigenvalue weighted by atomic mass is 16.5. The van der Waals surface area contributed by atoms with Crippen molar-refractivity contribution in [2.24, 2.45) is 0 Å². The van der Waals surface area contributed by atoms with E-state index in [-0.39, 0.29) is 47.2 Å². The topological polar surface area (TPSA) is 125 Å². The standard InChI is InChI=1S/C24H25N3O6/c28-17-5-1-4-15(12-17)21(29)25-9-3-10-26-22(30)16-7-8-19-20(13-16)24(32)27(23(19)31)14-18-6-2-11-33-18/h1,4-5,7-8,12-13,18,28H,2-3,6,9-11,14H2,(H,25,29)(H,26,30). The number of hydrogen-bond acceptors (Lipinski definition) is 6. The van der Waals surface area contributed by atoms with Gasteiger partial charge in [-0.15, -0.1) is 0 Å². The monoisotopic (exact) mass is 451 g/mol. The Morgan fingerprint density at radius 3 is 2.33 bits per heavy atom. The van der Waals surface area contributed by atoms with E-state index in [1.54, 1.807) is 12.1 Å². The summed E-state index contributed by atoms with van der Waals surface area (Å²) in [5.41, 5.74) is 1.16. The number of ether oxygens (including phenoxy) is 1. The molecule has 0 radical (unpaired) electrons. The molecule has 4 rings (SSSR count). The maximum absolute atomic E-state index is 12.7.